The maximum atomic E-state index is 13.0. The fraction of sp³-hybridized carbons (Fsp3) is 0. The summed E-state index contributed by atoms with van der Waals surface area (Å²) in [5, 5.41) is 8.50. The van der Waals surface area contributed by atoms with E-state index in [2.05, 4.69) is 0 Å². The number of benzene rings is 1. The Hall–Kier alpha value is -1.35. The first-order valence-electron chi connectivity index (χ1n) is 3.46. The van der Waals surface area contributed by atoms with Gasteiger partial charge in [-0.1, -0.05) is 17.7 Å². The van der Waals surface area contributed by atoms with Crippen LogP contribution in [0.4, 0.5) is 4.39 Å². The number of hydrogen-bond donors (Lipinski definition) is 1. The fourth-order valence-corrected chi connectivity index (χ4v) is 1.05. The van der Waals surface area contributed by atoms with Crippen LogP contribution < -0.4 is 0 Å². The van der Waals surface area contributed by atoms with Crippen LogP contribution in [0.3, 0.4) is 0 Å². The standard InChI is InChI=1S/C9H6ClFO2/c10-7-2-1-3-8(11)6(7)4-5-9(12)13/h1-5H,(H,12,13)/b5-4+. The number of aliphatic carboxylic acids is 1. The van der Waals surface area contributed by atoms with E-state index in [1.165, 1.54) is 18.2 Å². The summed E-state index contributed by atoms with van der Waals surface area (Å²) in [6.45, 7) is 0. The number of hydrogen-bond acceptors (Lipinski definition) is 1. The van der Waals surface area contributed by atoms with Crippen molar-refractivity contribution in [2.75, 3.05) is 0 Å². The fourth-order valence-electron chi connectivity index (χ4n) is 0.825. The molecule has 1 aromatic rings. The molecule has 4 heteroatoms. The molecule has 0 unspecified atom stereocenters. The quantitative estimate of drug-likeness (QED) is 0.745. The second-order valence-electron chi connectivity index (χ2n) is 2.31. The second kappa shape index (κ2) is 4.05. The number of rotatable bonds is 2. The molecule has 1 N–H and O–H groups in total. The molecule has 0 atom stereocenters. The molecule has 0 saturated heterocycles. The molecule has 1 rings (SSSR count). The third-order valence-electron chi connectivity index (χ3n) is 1.39. The Labute approximate surface area is 79.3 Å². The topological polar surface area (TPSA) is 37.3 Å². The lowest BCUT2D eigenvalue weighted by Crippen LogP contribution is -1.88. The monoisotopic (exact) mass is 200 g/mol. The lowest BCUT2D eigenvalue weighted by Gasteiger charge is -1.97. The zero-order chi connectivity index (χ0) is 9.84. The van der Waals surface area contributed by atoms with Crippen molar-refractivity contribution in [1.82, 2.24) is 0 Å². The van der Waals surface area contributed by atoms with Crippen molar-refractivity contribution in [3.63, 3.8) is 0 Å². The molecule has 2 nitrogen and oxygen atoms in total. The highest BCUT2D eigenvalue weighted by Gasteiger charge is 2.02. The van der Waals surface area contributed by atoms with Gasteiger partial charge in [0.25, 0.3) is 0 Å². The van der Waals surface area contributed by atoms with Gasteiger partial charge in [0.2, 0.25) is 0 Å². The summed E-state index contributed by atoms with van der Waals surface area (Å²) in [5.41, 5.74) is 0.0894. The number of carboxylic acid groups (broad SMARTS) is 1. The highest BCUT2D eigenvalue weighted by Crippen LogP contribution is 2.19. The van der Waals surface area contributed by atoms with Gasteiger partial charge in [-0.25, -0.2) is 9.18 Å². The Bertz CT molecular complexity index is 340. The van der Waals surface area contributed by atoms with E-state index in [1.54, 1.807) is 0 Å². The Morgan fingerprint density at radius 1 is 1.54 bits per heavy atom. The van der Waals surface area contributed by atoms with Gasteiger partial charge in [0.15, 0.2) is 0 Å². The molecule has 0 amide bonds. The lowest BCUT2D eigenvalue weighted by molar-refractivity contribution is -0.131. The lowest BCUT2D eigenvalue weighted by atomic mass is 10.2. The molecule has 0 bridgehead atoms. The van der Waals surface area contributed by atoms with Gasteiger partial charge < -0.3 is 5.11 Å². The van der Waals surface area contributed by atoms with E-state index in [0.29, 0.717) is 0 Å². The molecule has 0 aliphatic carbocycles. The number of carboxylic acids is 1. The molecule has 0 heterocycles. The van der Waals surface area contributed by atoms with E-state index in [9.17, 15) is 9.18 Å². The summed E-state index contributed by atoms with van der Waals surface area (Å²) >= 11 is 5.63. The molecule has 13 heavy (non-hydrogen) atoms. The summed E-state index contributed by atoms with van der Waals surface area (Å²) in [6.07, 6.45) is 1.96. The van der Waals surface area contributed by atoms with Crippen LogP contribution in [0.2, 0.25) is 5.02 Å². The van der Waals surface area contributed by atoms with E-state index in [4.69, 9.17) is 16.7 Å². The third kappa shape index (κ3) is 2.56. The predicted molar refractivity (Wildman–Crippen MR) is 48.1 cm³/mol. The van der Waals surface area contributed by atoms with Crippen molar-refractivity contribution in [3.05, 3.63) is 40.7 Å². The Morgan fingerprint density at radius 3 is 2.77 bits per heavy atom. The van der Waals surface area contributed by atoms with Crippen LogP contribution in [-0.4, -0.2) is 11.1 Å². The van der Waals surface area contributed by atoms with Crippen molar-refractivity contribution in [2.24, 2.45) is 0 Å². The first-order chi connectivity index (χ1) is 6.11. The minimum absolute atomic E-state index is 0.0894. The average molecular weight is 201 g/mol. The van der Waals surface area contributed by atoms with E-state index < -0.39 is 11.8 Å². The van der Waals surface area contributed by atoms with Crippen LogP contribution in [0.5, 0.6) is 0 Å². The van der Waals surface area contributed by atoms with Crippen LogP contribution in [-0.2, 0) is 4.79 Å². The van der Waals surface area contributed by atoms with Gasteiger partial charge in [-0.3, -0.25) is 0 Å². The molecule has 68 valence electrons. The zero-order valence-electron chi connectivity index (χ0n) is 6.50. The van der Waals surface area contributed by atoms with Gasteiger partial charge in [0.1, 0.15) is 5.82 Å². The van der Waals surface area contributed by atoms with Gasteiger partial charge in [-0.15, -0.1) is 0 Å². The molecule has 0 aromatic heterocycles. The number of carbonyl (C=O) groups is 1. The first-order valence-corrected chi connectivity index (χ1v) is 3.84. The maximum Gasteiger partial charge on any atom is 0.328 e. The minimum Gasteiger partial charge on any atom is -0.478 e. The van der Waals surface area contributed by atoms with Gasteiger partial charge in [-0.2, -0.15) is 0 Å². The van der Waals surface area contributed by atoms with Gasteiger partial charge in [0, 0.05) is 11.6 Å². The van der Waals surface area contributed by atoms with Gasteiger partial charge in [0.05, 0.1) is 5.02 Å². The molecular formula is C9H6ClFO2. The van der Waals surface area contributed by atoms with E-state index in [1.807, 2.05) is 0 Å². The molecule has 0 fully saturated rings. The zero-order valence-corrected chi connectivity index (χ0v) is 7.25. The Morgan fingerprint density at radius 2 is 2.23 bits per heavy atom. The van der Waals surface area contributed by atoms with E-state index >= 15 is 0 Å². The predicted octanol–water partition coefficient (Wildman–Crippen LogP) is 2.58. The molecule has 1 aromatic carbocycles. The molecule has 0 radical (unpaired) electrons. The van der Waals surface area contributed by atoms with Crippen LogP contribution in [0.25, 0.3) is 6.08 Å². The largest absolute Gasteiger partial charge is 0.478 e. The van der Waals surface area contributed by atoms with Crippen molar-refractivity contribution >= 4 is 23.6 Å². The van der Waals surface area contributed by atoms with Crippen LogP contribution >= 0.6 is 11.6 Å². The van der Waals surface area contributed by atoms with E-state index in [-0.39, 0.29) is 10.6 Å². The molecule has 0 aliphatic rings. The number of halogens is 2. The first kappa shape index (κ1) is 9.74. The van der Waals surface area contributed by atoms with Crippen LogP contribution in [0, 0.1) is 5.82 Å². The Kier molecular flexibility index (Phi) is 3.03. The summed E-state index contributed by atoms with van der Waals surface area (Å²) in [7, 11) is 0. The minimum atomic E-state index is -1.14. The average Bonchev–Trinajstić information content (AvgIpc) is 2.03. The SMILES string of the molecule is O=C(O)/C=C/c1c(F)cccc1Cl. The smallest absolute Gasteiger partial charge is 0.328 e. The Balaban J connectivity index is 3.06. The highest BCUT2D eigenvalue weighted by atomic mass is 35.5. The van der Waals surface area contributed by atoms with Gasteiger partial charge in [-0.05, 0) is 18.2 Å². The van der Waals surface area contributed by atoms with Crippen LogP contribution in [0.15, 0.2) is 24.3 Å². The van der Waals surface area contributed by atoms with Crippen molar-refractivity contribution in [2.45, 2.75) is 0 Å². The molecular weight excluding hydrogens is 195 g/mol. The summed E-state index contributed by atoms with van der Waals surface area (Å²) < 4.78 is 13.0. The maximum absolute atomic E-state index is 13.0. The van der Waals surface area contributed by atoms with Crippen molar-refractivity contribution in [1.29, 1.82) is 0 Å². The molecule has 0 saturated carbocycles. The van der Waals surface area contributed by atoms with Crippen molar-refractivity contribution < 1.29 is 14.3 Å². The van der Waals surface area contributed by atoms with Gasteiger partial charge >= 0.3 is 5.97 Å². The summed E-state index contributed by atoms with van der Waals surface area (Å²) in [5.74, 6) is -1.68. The second-order valence-corrected chi connectivity index (χ2v) is 2.71. The normalized spacial score (nSPS) is 10.6. The molecule has 0 aliphatic heterocycles. The summed E-state index contributed by atoms with van der Waals surface area (Å²) in [4.78, 5) is 10.1. The van der Waals surface area contributed by atoms with Crippen LogP contribution in [0.1, 0.15) is 5.56 Å². The van der Waals surface area contributed by atoms with Crippen molar-refractivity contribution in [3.8, 4) is 0 Å². The van der Waals surface area contributed by atoms with E-state index in [0.717, 1.165) is 12.2 Å². The third-order valence-corrected chi connectivity index (χ3v) is 1.72. The molecule has 0 spiro atoms. The summed E-state index contributed by atoms with van der Waals surface area (Å²) in [6, 6.07) is 4.16. The highest BCUT2D eigenvalue weighted by molar-refractivity contribution is 6.32.